The Hall–Kier alpha value is -2.54. The molecule has 1 aliphatic carbocycles. The molecule has 29 heavy (non-hydrogen) atoms. The van der Waals surface area contributed by atoms with Gasteiger partial charge in [-0.25, -0.2) is 0 Å². The summed E-state index contributed by atoms with van der Waals surface area (Å²) in [5.74, 6) is 0. The molecule has 150 valence electrons. The van der Waals surface area contributed by atoms with Gasteiger partial charge in [-0.1, -0.05) is 76.2 Å². The van der Waals surface area contributed by atoms with Crippen LogP contribution in [0.2, 0.25) is 0 Å². The first kappa shape index (κ1) is 19.8. The first-order valence-corrected chi connectivity index (χ1v) is 11.0. The summed E-state index contributed by atoms with van der Waals surface area (Å²) in [6.45, 7) is 13.9. The fourth-order valence-electron chi connectivity index (χ4n) is 5.17. The molecule has 0 saturated carbocycles. The van der Waals surface area contributed by atoms with Crippen LogP contribution in [0.1, 0.15) is 63.8 Å². The number of benzene rings is 3. The van der Waals surface area contributed by atoms with Gasteiger partial charge in [0.1, 0.15) is 0 Å². The molecule has 1 aliphatic rings. The van der Waals surface area contributed by atoms with Crippen LogP contribution in [0.25, 0.3) is 11.1 Å². The van der Waals surface area contributed by atoms with Crippen LogP contribution in [-0.2, 0) is 18.3 Å². The molecule has 0 heterocycles. The molecule has 0 radical (unpaired) electrons. The van der Waals surface area contributed by atoms with Crippen molar-refractivity contribution in [3.63, 3.8) is 0 Å². The summed E-state index contributed by atoms with van der Waals surface area (Å²) in [5.41, 5.74) is 11.4. The van der Waals surface area contributed by atoms with Crippen molar-refractivity contribution in [1.82, 2.24) is 0 Å². The fraction of sp³-hybridized carbons (Fsp3) is 0.357. The molecule has 0 unspecified atom stereocenters. The standard InChI is InChI=1S/C28H33N/c1-7-20-13-9-12-16-25(20)29(19(3)4)26-18-17-24-27(21(26)8-2)22-14-10-11-15-23(22)28(24,5)6/h9-19H,7-8H2,1-6H3. The van der Waals surface area contributed by atoms with Gasteiger partial charge >= 0.3 is 0 Å². The predicted octanol–water partition coefficient (Wildman–Crippen LogP) is 7.66. The van der Waals surface area contributed by atoms with Gasteiger partial charge in [0, 0.05) is 22.8 Å². The van der Waals surface area contributed by atoms with E-state index in [1.807, 2.05) is 0 Å². The van der Waals surface area contributed by atoms with E-state index in [1.165, 1.54) is 44.8 Å². The van der Waals surface area contributed by atoms with E-state index in [0.29, 0.717) is 6.04 Å². The third-order valence-corrected chi connectivity index (χ3v) is 6.59. The molecule has 1 nitrogen and oxygen atoms in total. The molecule has 0 N–H and O–H groups in total. The normalized spacial score (nSPS) is 14.0. The molecule has 4 rings (SSSR count). The first-order valence-electron chi connectivity index (χ1n) is 11.0. The Balaban J connectivity index is 2.00. The number of fused-ring (bicyclic) bond motifs is 3. The summed E-state index contributed by atoms with van der Waals surface area (Å²) in [6.07, 6.45) is 2.07. The molecule has 3 aromatic carbocycles. The van der Waals surface area contributed by atoms with Gasteiger partial charge in [-0.3, -0.25) is 0 Å². The lowest BCUT2D eigenvalue weighted by atomic mass is 9.82. The highest BCUT2D eigenvalue weighted by atomic mass is 15.2. The maximum atomic E-state index is 2.55. The number of para-hydroxylation sites is 1. The molecule has 0 aliphatic heterocycles. The van der Waals surface area contributed by atoms with Crippen molar-refractivity contribution in [1.29, 1.82) is 0 Å². The van der Waals surface area contributed by atoms with Gasteiger partial charge in [0.25, 0.3) is 0 Å². The quantitative estimate of drug-likeness (QED) is 0.437. The number of nitrogens with zero attached hydrogens (tertiary/aromatic N) is 1. The fourth-order valence-corrected chi connectivity index (χ4v) is 5.17. The smallest absolute Gasteiger partial charge is 0.0452 e. The zero-order chi connectivity index (χ0) is 20.8. The van der Waals surface area contributed by atoms with Gasteiger partial charge < -0.3 is 4.90 Å². The van der Waals surface area contributed by atoms with E-state index < -0.39 is 0 Å². The van der Waals surface area contributed by atoms with Crippen LogP contribution in [0, 0.1) is 0 Å². The van der Waals surface area contributed by atoms with Crippen molar-refractivity contribution >= 4 is 11.4 Å². The van der Waals surface area contributed by atoms with Crippen molar-refractivity contribution in [2.75, 3.05) is 4.90 Å². The minimum absolute atomic E-state index is 0.0539. The van der Waals surface area contributed by atoms with Crippen LogP contribution in [0.5, 0.6) is 0 Å². The topological polar surface area (TPSA) is 3.24 Å². The van der Waals surface area contributed by atoms with Gasteiger partial charge in [-0.05, 0) is 72.2 Å². The van der Waals surface area contributed by atoms with E-state index >= 15 is 0 Å². The van der Waals surface area contributed by atoms with E-state index in [1.54, 1.807) is 0 Å². The Morgan fingerprint density at radius 3 is 2.14 bits per heavy atom. The van der Waals surface area contributed by atoms with Gasteiger partial charge in [-0.2, -0.15) is 0 Å². The summed E-state index contributed by atoms with van der Waals surface area (Å²) in [7, 11) is 0. The second kappa shape index (κ2) is 7.37. The van der Waals surface area contributed by atoms with Crippen molar-refractivity contribution in [2.45, 2.75) is 65.8 Å². The average molecular weight is 384 g/mol. The Morgan fingerprint density at radius 1 is 0.759 bits per heavy atom. The highest BCUT2D eigenvalue weighted by Gasteiger charge is 2.37. The summed E-state index contributed by atoms with van der Waals surface area (Å²) in [5, 5.41) is 0. The van der Waals surface area contributed by atoms with Crippen LogP contribution in [-0.4, -0.2) is 6.04 Å². The van der Waals surface area contributed by atoms with E-state index in [-0.39, 0.29) is 5.41 Å². The minimum Gasteiger partial charge on any atom is -0.338 e. The molecular formula is C28H33N. The van der Waals surface area contributed by atoms with Gasteiger partial charge in [-0.15, -0.1) is 0 Å². The maximum absolute atomic E-state index is 2.55. The van der Waals surface area contributed by atoms with Crippen molar-refractivity contribution in [3.05, 3.63) is 82.9 Å². The lowest BCUT2D eigenvalue weighted by molar-refractivity contribution is 0.659. The molecule has 0 aromatic heterocycles. The Bertz CT molecular complexity index is 1040. The van der Waals surface area contributed by atoms with Crippen LogP contribution >= 0.6 is 0 Å². The van der Waals surface area contributed by atoms with Crippen LogP contribution in [0.4, 0.5) is 11.4 Å². The summed E-state index contributed by atoms with van der Waals surface area (Å²) in [4.78, 5) is 2.55. The summed E-state index contributed by atoms with van der Waals surface area (Å²) >= 11 is 0. The van der Waals surface area contributed by atoms with Crippen molar-refractivity contribution < 1.29 is 0 Å². The Labute approximate surface area is 176 Å². The first-order chi connectivity index (χ1) is 13.9. The number of hydrogen-bond acceptors (Lipinski definition) is 1. The van der Waals surface area contributed by atoms with E-state index in [2.05, 4.69) is 107 Å². The lowest BCUT2D eigenvalue weighted by Gasteiger charge is -2.34. The average Bonchev–Trinajstić information content (AvgIpc) is 2.96. The van der Waals surface area contributed by atoms with Gasteiger partial charge in [0.2, 0.25) is 0 Å². The molecule has 0 amide bonds. The molecule has 0 atom stereocenters. The van der Waals surface area contributed by atoms with Crippen LogP contribution < -0.4 is 4.90 Å². The molecule has 0 bridgehead atoms. The highest BCUT2D eigenvalue weighted by molar-refractivity contribution is 5.88. The Morgan fingerprint density at radius 2 is 1.45 bits per heavy atom. The SMILES string of the molecule is CCc1ccccc1N(c1ccc2c(c1CC)-c1ccccc1C2(C)C)C(C)C. The monoisotopic (exact) mass is 383 g/mol. The largest absolute Gasteiger partial charge is 0.338 e. The van der Waals surface area contributed by atoms with E-state index in [9.17, 15) is 0 Å². The second-order valence-electron chi connectivity index (χ2n) is 8.96. The highest BCUT2D eigenvalue weighted by Crippen LogP contribution is 2.52. The maximum Gasteiger partial charge on any atom is 0.0452 e. The zero-order valence-corrected chi connectivity index (χ0v) is 18.7. The predicted molar refractivity (Wildman–Crippen MR) is 126 cm³/mol. The molecular weight excluding hydrogens is 350 g/mol. The summed E-state index contributed by atoms with van der Waals surface area (Å²) < 4.78 is 0. The molecule has 0 fully saturated rings. The van der Waals surface area contributed by atoms with Crippen molar-refractivity contribution in [2.24, 2.45) is 0 Å². The lowest BCUT2D eigenvalue weighted by Crippen LogP contribution is -2.28. The zero-order valence-electron chi connectivity index (χ0n) is 18.7. The van der Waals surface area contributed by atoms with Crippen LogP contribution in [0.3, 0.4) is 0 Å². The number of hydrogen-bond donors (Lipinski definition) is 0. The number of rotatable bonds is 5. The molecule has 3 aromatic rings. The molecule has 1 heteroatoms. The van der Waals surface area contributed by atoms with E-state index in [4.69, 9.17) is 0 Å². The number of aryl methyl sites for hydroxylation is 1. The second-order valence-corrected chi connectivity index (χ2v) is 8.96. The minimum atomic E-state index is 0.0539. The van der Waals surface area contributed by atoms with Crippen molar-refractivity contribution in [3.8, 4) is 11.1 Å². The molecule has 0 saturated heterocycles. The Kier molecular flexibility index (Phi) is 5.02. The third-order valence-electron chi connectivity index (χ3n) is 6.59. The van der Waals surface area contributed by atoms with Gasteiger partial charge in [0.15, 0.2) is 0 Å². The molecule has 0 spiro atoms. The van der Waals surface area contributed by atoms with Gasteiger partial charge in [0.05, 0.1) is 0 Å². The number of anilines is 2. The van der Waals surface area contributed by atoms with Crippen LogP contribution in [0.15, 0.2) is 60.7 Å². The third kappa shape index (κ3) is 2.99. The summed E-state index contributed by atoms with van der Waals surface area (Å²) in [6, 6.07) is 23.0. The van der Waals surface area contributed by atoms with E-state index in [0.717, 1.165) is 12.8 Å².